The molecule has 1 aliphatic carbocycles. The molecule has 20 heavy (non-hydrogen) atoms. The fourth-order valence-corrected chi connectivity index (χ4v) is 2.78. The van der Waals surface area contributed by atoms with Crippen LogP contribution in [-0.2, 0) is 11.4 Å². The highest BCUT2D eigenvalue weighted by atomic mass is 16.5. The first-order valence-electron chi connectivity index (χ1n) is 7.01. The summed E-state index contributed by atoms with van der Waals surface area (Å²) in [6.45, 7) is 2.70. The molecule has 0 heterocycles. The van der Waals surface area contributed by atoms with Crippen molar-refractivity contribution in [1.29, 1.82) is 0 Å². The van der Waals surface area contributed by atoms with Crippen molar-refractivity contribution in [2.75, 3.05) is 6.54 Å². The molecular formula is C15H22N2O3. The highest BCUT2D eigenvalue weighted by Gasteiger charge is 2.44. The van der Waals surface area contributed by atoms with E-state index < -0.39 is 5.54 Å². The maximum absolute atomic E-state index is 11.7. The van der Waals surface area contributed by atoms with Crippen molar-refractivity contribution in [3.8, 4) is 5.75 Å². The van der Waals surface area contributed by atoms with Gasteiger partial charge in [0, 0.05) is 6.42 Å². The second kappa shape index (κ2) is 6.24. The largest absolute Gasteiger partial charge is 0.490 e. The first-order chi connectivity index (χ1) is 9.59. The Morgan fingerprint density at radius 2 is 2.20 bits per heavy atom. The Morgan fingerprint density at radius 3 is 2.75 bits per heavy atom. The summed E-state index contributed by atoms with van der Waals surface area (Å²) >= 11 is 0. The Hall–Kier alpha value is -1.59. The molecule has 1 aromatic carbocycles. The highest BCUT2D eigenvalue weighted by Crippen LogP contribution is 2.32. The maximum Gasteiger partial charge on any atom is 0.237 e. The molecule has 1 aliphatic rings. The summed E-state index contributed by atoms with van der Waals surface area (Å²) in [5.41, 5.74) is 5.74. The zero-order valence-corrected chi connectivity index (χ0v) is 11.8. The summed E-state index contributed by atoms with van der Waals surface area (Å²) in [7, 11) is 0. The molecule has 0 aliphatic heterocycles. The summed E-state index contributed by atoms with van der Waals surface area (Å²) in [6, 6.07) is 7.33. The fraction of sp³-hybridized carbons (Fsp3) is 0.533. The van der Waals surface area contributed by atoms with Crippen LogP contribution in [0.4, 0.5) is 0 Å². The van der Waals surface area contributed by atoms with E-state index in [1.165, 1.54) is 0 Å². The number of nitrogens with one attached hydrogen (secondary N) is 1. The number of ether oxygens (including phenoxy) is 1. The number of benzene rings is 1. The Bertz CT molecular complexity index is 461. The molecule has 0 spiro atoms. The lowest BCUT2D eigenvalue weighted by Gasteiger charge is -2.26. The first-order valence-corrected chi connectivity index (χ1v) is 7.01. The Balaban J connectivity index is 1.99. The smallest absolute Gasteiger partial charge is 0.237 e. The molecule has 0 aromatic heterocycles. The van der Waals surface area contributed by atoms with E-state index in [0.29, 0.717) is 19.4 Å². The molecular weight excluding hydrogens is 256 g/mol. The molecule has 5 nitrogen and oxygen atoms in total. The minimum absolute atomic E-state index is 0.0125. The predicted octanol–water partition coefficient (Wildman–Crippen LogP) is 0.944. The van der Waals surface area contributed by atoms with E-state index in [0.717, 1.165) is 17.7 Å². The maximum atomic E-state index is 11.7. The van der Waals surface area contributed by atoms with Crippen LogP contribution in [0.2, 0.25) is 0 Å². The van der Waals surface area contributed by atoms with Crippen LogP contribution in [0.1, 0.15) is 31.7 Å². The van der Waals surface area contributed by atoms with Gasteiger partial charge in [0.15, 0.2) is 0 Å². The van der Waals surface area contributed by atoms with Crippen molar-refractivity contribution in [2.45, 2.75) is 44.4 Å². The lowest BCUT2D eigenvalue weighted by atomic mass is 9.96. The van der Waals surface area contributed by atoms with Gasteiger partial charge in [-0.05, 0) is 37.1 Å². The van der Waals surface area contributed by atoms with Crippen LogP contribution in [-0.4, -0.2) is 29.2 Å². The summed E-state index contributed by atoms with van der Waals surface area (Å²) in [5, 5.41) is 12.2. The molecule has 2 atom stereocenters. The number of aliphatic hydroxyl groups is 1. The molecule has 1 fully saturated rings. The topological polar surface area (TPSA) is 84.6 Å². The molecule has 1 saturated carbocycles. The van der Waals surface area contributed by atoms with E-state index in [9.17, 15) is 4.79 Å². The third-order valence-electron chi connectivity index (χ3n) is 3.86. The van der Waals surface area contributed by atoms with Gasteiger partial charge in [-0.2, -0.15) is 0 Å². The first kappa shape index (κ1) is 14.8. The average Bonchev–Trinajstić information content (AvgIpc) is 2.84. The van der Waals surface area contributed by atoms with Gasteiger partial charge in [-0.25, -0.2) is 0 Å². The number of rotatable bonds is 6. The average molecular weight is 278 g/mol. The van der Waals surface area contributed by atoms with Crippen LogP contribution in [0.15, 0.2) is 24.3 Å². The van der Waals surface area contributed by atoms with Crippen molar-refractivity contribution < 1.29 is 14.6 Å². The van der Waals surface area contributed by atoms with Gasteiger partial charge in [-0.15, -0.1) is 0 Å². The molecule has 5 heteroatoms. The lowest BCUT2D eigenvalue weighted by Crippen LogP contribution is -2.54. The minimum atomic E-state index is -0.634. The molecule has 0 bridgehead atoms. The Labute approximate surface area is 119 Å². The quantitative estimate of drug-likeness (QED) is 0.723. The van der Waals surface area contributed by atoms with Gasteiger partial charge in [0.25, 0.3) is 0 Å². The van der Waals surface area contributed by atoms with E-state index >= 15 is 0 Å². The number of hydrogen-bond donors (Lipinski definition) is 3. The van der Waals surface area contributed by atoms with Gasteiger partial charge in [0.1, 0.15) is 17.4 Å². The molecule has 2 rings (SSSR count). The third-order valence-corrected chi connectivity index (χ3v) is 3.86. The van der Waals surface area contributed by atoms with Gasteiger partial charge >= 0.3 is 0 Å². The SMILES string of the molecule is CCNC1(C(N)=O)CCC(Oc2ccc(CO)cc2)C1. The van der Waals surface area contributed by atoms with E-state index in [-0.39, 0.29) is 18.6 Å². The standard InChI is InChI=1S/C15H22N2O3/c1-2-17-15(14(16)19)8-7-13(9-15)20-12-5-3-11(10-18)4-6-12/h3-6,13,17-18H,2,7-10H2,1H3,(H2,16,19). The van der Waals surface area contributed by atoms with Crippen molar-refractivity contribution in [1.82, 2.24) is 5.32 Å². The second-order valence-corrected chi connectivity index (χ2v) is 5.26. The summed E-state index contributed by atoms with van der Waals surface area (Å²) < 4.78 is 5.90. The highest BCUT2D eigenvalue weighted by molar-refractivity contribution is 5.85. The molecule has 1 aromatic rings. The van der Waals surface area contributed by atoms with Gasteiger partial charge in [0.2, 0.25) is 5.91 Å². The van der Waals surface area contributed by atoms with Crippen LogP contribution in [0.5, 0.6) is 5.75 Å². The molecule has 4 N–H and O–H groups in total. The number of amides is 1. The van der Waals surface area contributed by atoms with Gasteiger partial charge < -0.3 is 20.9 Å². The Kier molecular flexibility index (Phi) is 4.62. The lowest BCUT2D eigenvalue weighted by molar-refractivity contribution is -0.124. The number of likely N-dealkylation sites (N-methyl/N-ethyl adjacent to an activating group) is 1. The number of carbonyl (C=O) groups is 1. The molecule has 2 unspecified atom stereocenters. The molecule has 0 radical (unpaired) electrons. The fourth-order valence-electron chi connectivity index (χ4n) is 2.78. The van der Waals surface area contributed by atoms with Crippen LogP contribution >= 0.6 is 0 Å². The predicted molar refractivity (Wildman–Crippen MR) is 76.2 cm³/mol. The third kappa shape index (κ3) is 3.11. The summed E-state index contributed by atoms with van der Waals surface area (Å²) in [5.74, 6) is 0.449. The summed E-state index contributed by atoms with van der Waals surface area (Å²) in [6.07, 6.45) is 2.09. The number of hydrogen-bond acceptors (Lipinski definition) is 4. The van der Waals surface area contributed by atoms with Crippen LogP contribution in [0.25, 0.3) is 0 Å². The molecule has 0 saturated heterocycles. The second-order valence-electron chi connectivity index (χ2n) is 5.26. The molecule has 110 valence electrons. The zero-order valence-electron chi connectivity index (χ0n) is 11.8. The van der Waals surface area contributed by atoms with Gasteiger partial charge in [-0.1, -0.05) is 19.1 Å². The summed E-state index contributed by atoms with van der Waals surface area (Å²) in [4.78, 5) is 11.7. The van der Waals surface area contributed by atoms with Gasteiger partial charge in [0.05, 0.1) is 6.61 Å². The number of carbonyl (C=O) groups excluding carboxylic acids is 1. The van der Waals surface area contributed by atoms with Crippen molar-refractivity contribution in [3.05, 3.63) is 29.8 Å². The van der Waals surface area contributed by atoms with Crippen molar-refractivity contribution in [3.63, 3.8) is 0 Å². The van der Waals surface area contributed by atoms with E-state index in [1.807, 2.05) is 31.2 Å². The monoisotopic (exact) mass is 278 g/mol. The normalized spacial score (nSPS) is 25.6. The number of primary amides is 1. The van der Waals surface area contributed by atoms with Crippen LogP contribution in [0, 0.1) is 0 Å². The molecule has 1 amide bonds. The number of aliphatic hydroxyl groups excluding tert-OH is 1. The van der Waals surface area contributed by atoms with E-state index in [1.54, 1.807) is 0 Å². The van der Waals surface area contributed by atoms with Gasteiger partial charge in [-0.3, -0.25) is 4.79 Å². The number of nitrogens with two attached hydrogens (primary N) is 1. The van der Waals surface area contributed by atoms with E-state index in [2.05, 4.69) is 5.32 Å². The van der Waals surface area contributed by atoms with Crippen molar-refractivity contribution in [2.24, 2.45) is 5.73 Å². The van der Waals surface area contributed by atoms with Crippen molar-refractivity contribution >= 4 is 5.91 Å². The van der Waals surface area contributed by atoms with Crippen LogP contribution < -0.4 is 15.8 Å². The Morgan fingerprint density at radius 1 is 1.50 bits per heavy atom. The minimum Gasteiger partial charge on any atom is -0.490 e. The van der Waals surface area contributed by atoms with E-state index in [4.69, 9.17) is 15.6 Å². The van der Waals surface area contributed by atoms with Crippen LogP contribution in [0.3, 0.4) is 0 Å². The zero-order chi connectivity index (χ0) is 14.6.